The van der Waals surface area contributed by atoms with Gasteiger partial charge in [0.05, 0.1) is 12.1 Å². The number of aromatic nitrogens is 4. The van der Waals surface area contributed by atoms with Gasteiger partial charge >= 0.3 is 0 Å². The highest BCUT2D eigenvalue weighted by atomic mass is 19.1. The Morgan fingerprint density at radius 3 is 2.90 bits per heavy atom. The molecule has 6 heteroatoms. The number of hydrogen-bond donors (Lipinski definition) is 1. The van der Waals surface area contributed by atoms with Crippen LogP contribution in [-0.2, 0) is 6.54 Å². The molecule has 0 radical (unpaired) electrons. The van der Waals surface area contributed by atoms with Crippen molar-refractivity contribution in [3.8, 4) is 0 Å². The maximum Gasteiger partial charge on any atom is 0.162 e. The minimum atomic E-state index is -1.11. The Morgan fingerprint density at radius 1 is 1.28 bits per heavy atom. The van der Waals surface area contributed by atoms with Crippen LogP contribution in [0.15, 0.2) is 30.1 Å². The standard InChI is InChI=1S/C23H33FN4O/c1-15(12-28-26-14-25-27-28)20-5-6-21-19-4-3-16-11-23(29,13-24)10-8-17(16)18(19)7-9-22(20,21)2/h3,14,17-21,29H,1,4-13H2,2H3/t17-,18+,19+,20+,21-,22+,23-/m0/s1. The molecule has 1 aromatic rings. The quantitative estimate of drug-likeness (QED) is 0.772. The fraction of sp³-hybridized carbons (Fsp3) is 0.783. The van der Waals surface area contributed by atoms with Crippen LogP contribution < -0.4 is 0 Å². The number of rotatable bonds is 4. The fourth-order valence-electron chi connectivity index (χ4n) is 7.70. The SMILES string of the molecule is C=C(Cn1ncnn1)[C@H]1CC[C@H]2[C@@H]3CC=C4C[C@](O)(CF)CC[C@@H]4[C@H]3CC[C@]12C. The first-order valence-corrected chi connectivity index (χ1v) is 11.3. The van der Waals surface area contributed by atoms with E-state index in [0.29, 0.717) is 42.6 Å². The third kappa shape index (κ3) is 3.09. The number of hydrogen-bond acceptors (Lipinski definition) is 4. The monoisotopic (exact) mass is 400 g/mol. The third-order valence-electron chi connectivity index (χ3n) is 9.07. The topological polar surface area (TPSA) is 63.8 Å². The first-order valence-electron chi connectivity index (χ1n) is 11.3. The van der Waals surface area contributed by atoms with E-state index in [1.165, 1.54) is 43.2 Å². The van der Waals surface area contributed by atoms with Crippen molar-refractivity contribution in [2.24, 2.45) is 35.0 Å². The van der Waals surface area contributed by atoms with Crippen LogP contribution in [0.3, 0.4) is 0 Å². The van der Waals surface area contributed by atoms with Crippen molar-refractivity contribution in [1.82, 2.24) is 20.2 Å². The molecule has 1 aromatic heterocycles. The zero-order valence-electron chi connectivity index (χ0n) is 17.4. The molecule has 0 amide bonds. The summed E-state index contributed by atoms with van der Waals surface area (Å²) in [5.41, 5.74) is 1.78. The Hall–Kier alpha value is -1.56. The van der Waals surface area contributed by atoms with Gasteiger partial charge in [-0.15, -0.1) is 10.2 Å². The fourth-order valence-corrected chi connectivity index (χ4v) is 7.70. The molecule has 0 aliphatic heterocycles. The highest BCUT2D eigenvalue weighted by molar-refractivity contribution is 5.23. The summed E-state index contributed by atoms with van der Waals surface area (Å²) in [6, 6.07) is 0. The lowest BCUT2D eigenvalue weighted by Crippen LogP contribution is -2.48. The van der Waals surface area contributed by atoms with Crippen LogP contribution in [-0.4, -0.2) is 37.6 Å². The molecule has 3 fully saturated rings. The smallest absolute Gasteiger partial charge is 0.162 e. The molecule has 1 heterocycles. The van der Waals surface area contributed by atoms with Crippen LogP contribution >= 0.6 is 0 Å². The highest BCUT2D eigenvalue weighted by Gasteiger charge is 2.56. The Balaban J connectivity index is 1.34. The molecule has 0 bridgehead atoms. The molecule has 0 spiro atoms. The Kier molecular flexibility index (Phi) is 4.68. The van der Waals surface area contributed by atoms with E-state index in [-0.39, 0.29) is 0 Å². The lowest BCUT2D eigenvalue weighted by molar-refractivity contribution is -0.0443. The van der Waals surface area contributed by atoms with Crippen LogP contribution in [0.5, 0.6) is 0 Å². The molecule has 0 aromatic carbocycles. The Labute approximate surface area is 172 Å². The van der Waals surface area contributed by atoms with Gasteiger partial charge in [-0.3, -0.25) is 0 Å². The largest absolute Gasteiger partial charge is 0.387 e. The third-order valence-corrected chi connectivity index (χ3v) is 9.07. The van der Waals surface area contributed by atoms with Gasteiger partial charge in [0.1, 0.15) is 6.67 Å². The molecule has 29 heavy (non-hydrogen) atoms. The summed E-state index contributed by atoms with van der Waals surface area (Å²) in [5, 5.41) is 22.5. The lowest BCUT2D eigenvalue weighted by atomic mass is 9.51. The number of tetrazole rings is 1. The second-order valence-corrected chi connectivity index (χ2v) is 10.4. The zero-order chi connectivity index (χ0) is 20.2. The average molecular weight is 401 g/mol. The van der Waals surface area contributed by atoms with E-state index in [9.17, 15) is 9.50 Å². The second kappa shape index (κ2) is 7.00. The summed E-state index contributed by atoms with van der Waals surface area (Å²) in [5.74, 6) is 3.24. The summed E-state index contributed by atoms with van der Waals surface area (Å²) < 4.78 is 13.3. The summed E-state index contributed by atoms with van der Waals surface area (Å²) in [4.78, 5) is 1.65. The minimum absolute atomic E-state index is 0.304. The van der Waals surface area contributed by atoms with Gasteiger partial charge < -0.3 is 5.11 Å². The van der Waals surface area contributed by atoms with Gasteiger partial charge in [-0.2, -0.15) is 4.80 Å². The highest BCUT2D eigenvalue weighted by Crippen LogP contribution is 2.64. The van der Waals surface area contributed by atoms with Crippen LogP contribution in [0.4, 0.5) is 4.39 Å². The van der Waals surface area contributed by atoms with Gasteiger partial charge in [-0.05, 0) is 91.6 Å². The van der Waals surface area contributed by atoms with Crippen molar-refractivity contribution in [2.45, 2.75) is 70.4 Å². The normalized spacial score (nSPS) is 43.8. The van der Waals surface area contributed by atoms with Crippen molar-refractivity contribution >= 4 is 0 Å². The maximum absolute atomic E-state index is 13.3. The molecule has 5 nitrogen and oxygen atoms in total. The van der Waals surface area contributed by atoms with Crippen molar-refractivity contribution in [1.29, 1.82) is 0 Å². The van der Waals surface area contributed by atoms with E-state index in [2.05, 4.69) is 35.0 Å². The number of aliphatic hydroxyl groups is 1. The van der Waals surface area contributed by atoms with E-state index in [1.54, 1.807) is 4.80 Å². The Morgan fingerprint density at radius 2 is 2.14 bits per heavy atom. The maximum atomic E-state index is 13.3. The summed E-state index contributed by atoms with van der Waals surface area (Å²) in [7, 11) is 0. The molecule has 3 saturated carbocycles. The molecule has 0 saturated heterocycles. The van der Waals surface area contributed by atoms with Crippen LogP contribution in [0.1, 0.15) is 58.3 Å². The number of halogens is 1. The van der Waals surface area contributed by atoms with Crippen molar-refractivity contribution in [3.05, 3.63) is 30.1 Å². The number of nitrogens with zero attached hydrogens (tertiary/aromatic N) is 4. The lowest BCUT2D eigenvalue weighted by Gasteiger charge is -2.54. The second-order valence-electron chi connectivity index (χ2n) is 10.4. The molecule has 0 unspecified atom stereocenters. The molecule has 158 valence electrons. The molecule has 5 rings (SSSR count). The summed E-state index contributed by atoms with van der Waals surface area (Å²) in [6.07, 6.45) is 12.0. The summed E-state index contributed by atoms with van der Waals surface area (Å²) in [6.45, 7) is 6.98. The number of fused-ring (bicyclic) bond motifs is 5. The van der Waals surface area contributed by atoms with Gasteiger partial charge in [-0.1, -0.05) is 30.7 Å². The van der Waals surface area contributed by atoms with Gasteiger partial charge in [0.25, 0.3) is 0 Å². The zero-order valence-corrected chi connectivity index (χ0v) is 17.4. The van der Waals surface area contributed by atoms with Gasteiger partial charge in [0, 0.05) is 0 Å². The number of alkyl halides is 1. The number of allylic oxidation sites excluding steroid dienone is 2. The van der Waals surface area contributed by atoms with Crippen molar-refractivity contribution < 1.29 is 9.50 Å². The average Bonchev–Trinajstić information content (AvgIpc) is 3.34. The molecule has 4 aliphatic carbocycles. The Bertz CT molecular complexity index is 808. The molecule has 4 aliphatic rings. The van der Waals surface area contributed by atoms with Crippen molar-refractivity contribution in [2.75, 3.05) is 6.67 Å². The van der Waals surface area contributed by atoms with E-state index in [1.807, 2.05) is 0 Å². The molecule has 1 N–H and O–H groups in total. The van der Waals surface area contributed by atoms with Crippen LogP contribution in [0, 0.1) is 35.0 Å². The van der Waals surface area contributed by atoms with Crippen molar-refractivity contribution in [3.63, 3.8) is 0 Å². The minimum Gasteiger partial charge on any atom is -0.387 e. The molecular formula is C23H33FN4O. The summed E-state index contributed by atoms with van der Waals surface area (Å²) >= 11 is 0. The van der Waals surface area contributed by atoms with Crippen LogP contribution in [0.25, 0.3) is 0 Å². The van der Waals surface area contributed by atoms with Crippen LogP contribution in [0.2, 0.25) is 0 Å². The van der Waals surface area contributed by atoms with E-state index < -0.39 is 12.3 Å². The van der Waals surface area contributed by atoms with Gasteiger partial charge in [0.2, 0.25) is 0 Å². The first-order chi connectivity index (χ1) is 13.9. The predicted octanol–water partition coefficient (Wildman–Crippen LogP) is 4.12. The van der Waals surface area contributed by atoms with E-state index in [0.717, 1.165) is 24.7 Å². The van der Waals surface area contributed by atoms with E-state index >= 15 is 0 Å². The van der Waals surface area contributed by atoms with Gasteiger partial charge in [0.15, 0.2) is 6.33 Å². The first kappa shape index (κ1) is 19.4. The van der Waals surface area contributed by atoms with E-state index in [4.69, 9.17) is 0 Å². The predicted molar refractivity (Wildman–Crippen MR) is 108 cm³/mol. The molecular weight excluding hydrogens is 367 g/mol. The molecule has 7 atom stereocenters. The van der Waals surface area contributed by atoms with Gasteiger partial charge in [-0.25, -0.2) is 4.39 Å².